The number of hydrogen-bond acceptors (Lipinski definition) is 3. The van der Waals surface area contributed by atoms with Crippen molar-refractivity contribution in [3.8, 4) is 0 Å². The van der Waals surface area contributed by atoms with Gasteiger partial charge in [0.2, 0.25) is 0 Å². The summed E-state index contributed by atoms with van der Waals surface area (Å²) >= 11 is 5.63. The summed E-state index contributed by atoms with van der Waals surface area (Å²) in [5, 5.41) is 3.14. The van der Waals surface area contributed by atoms with E-state index in [1.54, 1.807) is 12.1 Å². The SMILES string of the molecule is CN(C)C1(CNC(=O)c2ccc(Cl)o2)CCC1. The normalized spacial score (nSPS) is 17.9. The molecule has 1 heterocycles. The van der Waals surface area contributed by atoms with Crippen LogP contribution in [-0.4, -0.2) is 37.0 Å². The van der Waals surface area contributed by atoms with Crippen molar-refractivity contribution < 1.29 is 9.21 Å². The van der Waals surface area contributed by atoms with Gasteiger partial charge in [-0.25, -0.2) is 0 Å². The zero-order chi connectivity index (χ0) is 12.5. The Morgan fingerprint density at radius 2 is 2.24 bits per heavy atom. The molecule has 0 bridgehead atoms. The van der Waals surface area contributed by atoms with E-state index in [-0.39, 0.29) is 22.4 Å². The highest BCUT2D eigenvalue weighted by Gasteiger charge is 2.39. The molecule has 0 atom stereocenters. The molecule has 2 rings (SSSR count). The van der Waals surface area contributed by atoms with Gasteiger partial charge < -0.3 is 14.6 Å². The van der Waals surface area contributed by atoms with Gasteiger partial charge in [-0.3, -0.25) is 4.79 Å². The molecule has 1 aromatic heterocycles. The summed E-state index contributed by atoms with van der Waals surface area (Å²) in [6.07, 6.45) is 3.47. The fourth-order valence-electron chi connectivity index (χ4n) is 2.14. The number of likely N-dealkylation sites (N-methyl/N-ethyl adjacent to an activating group) is 1. The van der Waals surface area contributed by atoms with Crippen LogP contribution in [-0.2, 0) is 0 Å². The monoisotopic (exact) mass is 256 g/mol. The zero-order valence-electron chi connectivity index (χ0n) is 10.1. The van der Waals surface area contributed by atoms with E-state index in [0.717, 1.165) is 12.8 Å². The van der Waals surface area contributed by atoms with Crippen LogP contribution in [0.1, 0.15) is 29.8 Å². The van der Waals surface area contributed by atoms with Crippen molar-refractivity contribution in [1.29, 1.82) is 0 Å². The highest BCUT2D eigenvalue weighted by molar-refractivity contribution is 6.29. The van der Waals surface area contributed by atoms with Crippen molar-refractivity contribution in [1.82, 2.24) is 10.2 Å². The van der Waals surface area contributed by atoms with Gasteiger partial charge in [0.15, 0.2) is 11.0 Å². The van der Waals surface area contributed by atoms with Gasteiger partial charge in [0.05, 0.1) is 0 Å². The molecular weight excluding hydrogens is 240 g/mol. The van der Waals surface area contributed by atoms with E-state index in [4.69, 9.17) is 16.0 Å². The lowest BCUT2D eigenvalue weighted by atomic mass is 9.75. The van der Waals surface area contributed by atoms with Crippen LogP contribution in [0, 0.1) is 0 Å². The Morgan fingerprint density at radius 1 is 1.53 bits per heavy atom. The zero-order valence-corrected chi connectivity index (χ0v) is 10.9. The first-order valence-corrected chi connectivity index (χ1v) is 6.12. The molecule has 1 saturated carbocycles. The van der Waals surface area contributed by atoms with Crippen molar-refractivity contribution in [2.75, 3.05) is 20.6 Å². The number of furan rings is 1. The molecule has 4 nitrogen and oxygen atoms in total. The van der Waals surface area contributed by atoms with Gasteiger partial charge in [-0.05, 0) is 57.1 Å². The van der Waals surface area contributed by atoms with Crippen LogP contribution >= 0.6 is 11.6 Å². The maximum absolute atomic E-state index is 11.8. The highest BCUT2D eigenvalue weighted by atomic mass is 35.5. The molecule has 0 aliphatic heterocycles. The maximum atomic E-state index is 11.8. The summed E-state index contributed by atoms with van der Waals surface area (Å²) in [6.45, 7) is 0.650. The molecule has 0 spiro atoms. The molecule has 0 aromatic carbocycles. The Hall–Kier alpha value is -1.00. The topological polar surface area (TPSA) is 45.5 Å². The summed E-state index contributed by atoms with van der Waals surface area (Å²) in [5.41, 5.74) is 0.117. The first-order valence-electron chi connectivity index (χ1n) is 5.74. The third-order valence-corrected chi connectivity index (χ3v) is 3.81. The molecule has 0 radical (unpaired) electrons. The van der Waals surface area contributed by atoms with E-state index in [0.29, 0.717) is 6.54 Å². The number of nitrogens with zero attached hydrogens (tertiary/aromatic N) is 1. The minimum Gasteiger partial charge on any atom is -0.440 e. The molecule has 1 aliphatic rings. The van der Waals surface area contributed by atoms with Gasteiger partial charge in [-0.2, -0.15) is 0 Å². The minimum atomic E-state index is -0.204. The summed E-state index contributed by atoms with van der Waals surface area (Å²) in [5.74, 6) is 0.0632. The van der Waals surface area contributed by atoms with E-state index in [1.807, 2.05) is 0 Å². The molecule has 0 unspecified atom stereocenters. The standard InChI is InChI=1S/C12H17ClN2O2/c1-15(2)12(6-3-7-12)8-14-11(16)9-4-5-10(13)17-9/h4-5H,3,6-8H2,1-2H3,(H,14,16). The maximum Gasteiger partial charge on any atom is 0.287 e. The number of nitrogens with one attached hydrogen (secondary N) is 1. The second-order valence-electron chi connectivity index (χ2n) is 4.76. The Bertz CT molecular complexity index is 410. The quantitative estimate of drug-likeness (QED) is 0.898. The van der Waals surface area contributed by atoms with Gasteiger partial charge in [0, 0.05) is 12.1 Å². The van der Waals surface area contributed by atoms with Crippen molar-refractivity contribution in [3.05, 3.63) is 23.1 Å². The fraction of sp³-hybridized carbons (Fsp3) is 0.583. The number of hydrogen-bond donors (Lipinski definition) is 1. The Morgan fingerprint density at radius 3 is 2.65 bits per heavy atom. The molecule has 1 aromatic rings. The first kappa shape index (κ1) is 12.5. The highest BCUT2D eigenvalue weighted by Crippen LogP contribution is 2.35. The van der Waals surface area contributed by atoms with Crippen LogP contribution in [0.3, 0.4) is 0 Å². The van der Waals surface area contributed by atoms with Gasteiger partial charge in [-0.1, -0.05) is 0 Å². The van der Waals surface area contributed by atoms with Crippen LogP contribution in [0.5, 0.6) is 0 Å². The minimum absolute atomic E-state index is 0.117. The van der Waals surface area contributed by atoms with Crippen molar-refractivity contribution >= 4 is 17.5 Å². The fourth-order valence-corrected chi connectivity index (χ4v) is 2.28. The van der Waals surface area contributed by atoms with E-state index >= 15 is 0 Å². The molecule has 94 valence electrons. The summed E-state index contributed by atoms with van der Waals surface area (Å²) in [4.78, 5) is 14.0. The third-order valence-electron chi connectivity index (χ3n) is 3.61. The average molecular weight is 257 g/mol. The number of amides is 1. The van der Waals surface area contributed by atoms with E-state index in [9.17, 15) is 4.79 Å². The largest absolute Gasteiger partial charge is 0.440 e. The third kappa shape index (κ3) is 2.48. The summed E-state index contributed by atoms with van der Waals surface area (Å²) in [6, 6.07) is 3.16. The predicted octanol–water partition coefficient (Wildman–Crippen LogP) is 2.15. The van der Waals surface area contributed by atoms with E-state index in [2.05, 4.69) is 24.3 Å². The summed E-state index contributed by atoms with van der Waals surface area (Å²) in [7, 11) is 4.10. The molecule has 17 heavy (non-hydrogen) atoms. The number of carbonyl (C=O) groups is 1. The molecule has 1 amide bonds. The second kappa shape index (κ2) is 4.70. The van der Waals surface area contributed by atoms with Gasteiger partial charge in [0.1, 0.15) is 0 Å². The molecule has 1 aliphatic carbocycles. The Kier molecular flexibility index (Phi) is 3.45. The van der Waals surface area contributed by atoms with Crippen LogP contribution in [0.2, 0.25) is 5.22 Å². The summed E-state index contributed by atoms with van der Waals surface area (Å²) < 4.78 is 5.06. The van der Waals surface area contributed by atoms with Crippen LogP contribution in [0.4, 0.5) is 0 Å². The number of rotatable bonds is 4. The van der Waals surface area contributed by atoms with Gasteiger partial charge >= 0.3 is 0 Å². The molecule has 0 saturated heterocycles. The lowest BCUT2D eigenvalue weighted by Gasteiger charge is -2.47. The van der Waals surface area contributed by atoms with Gasteiger partial charge in [-0.15, -0.1) is 0 Å². The molecular formula is C12H17ClN2O2. The van der Waals surface area contributed by atoms with Crippen molar-refractivity contribution in [3.63, 3.8) is 0 Å². The number of carbonyl (C=O) groups excluding carboxylic acids is 1. The first-order chi connectivity index (χ1) is 8.03. The molecule has 1 N–H and O–H groups in total. The van der Waals surface area contributed by atoms with Crippen molar-refractivity contribution in [2.45, 2.75) is 24.8 Å². The van der Waals surface area contributed by atoms with Crippen molar-refractivity contribution in [2.24, 2.45) is 0 Å². The van der Waals surface area contributed by atoms with Gasteiger partial charge in [0.25, 0.3) is 5.91 Å². The van der Waals surface area contributed by atoms with Crippen LogP contribution in [0.15, 0.2) is 16.5 Å². The molecule has 5 heteroatoms. The van der Waals surface area contributed by atoms with E-state index in [1.165, 1.54) is 6.42 Å². The number of halogens is 1. The van der Waals surface area contributed by atoms with Crippen LogP contribution < -0.4 is 5.32 Å². The van der Waals surface area contributed by atoms with Crippen LogP contribution in [0.25, 0.3) is 0 Å². The Balaban J connectivity index is 1.92. The second-order valence-corrected chi connectivity index (χ2v) is 5.13. The predicted molar refractivity (Wildman–Crippen MR) is 66.3 cm³/mol. The molecule has 1 fully saturated rings. The Labute approximate surface area is 106 Å². The smallest absolute Gasteiger partial charge is 0.287 e. The average Bonchev–Trinajstić information content (AvgIpc) is 2.62. The van der Waals surface area contributed by atoms with E-state index < -0.39 is 0 Å². The lowest BCUT2D eigenvalue weighted by molar-refractivity contribution is 0.0549. The lowest BCUT2D eigenvalue weighted by Crippen LogP contribution is -2.57.